The average Bonchev–Trinajstić information content (AvgIpc) is 2.82. The lowest BCUT2D eigenvalue weighted by atomic mass is 10.2. The van der Waals surface area contributed by atoms with Crippen LogP contribution in [0, 0.1) is 10.1 Å². The first-order valence-corrected chi connectivity index (χ1v) is 6.57. The molecule has 0 aliphatic rings. The highest BCUT2D eigenvalue weighted by molar-refractivity contribution is 7.99. The number of hydrogen-bond donors (Lipinski definition) is 1. The fourth-order valence-corrected chi connectivity index (χ4v) is 2.36. The Labute approximate surface area is 123 Å². The minimum atomic E-state index is -0.629. The molecular formula is C12H11N5O3S. The van der Waals surface area contributed by atoms with Gasteiger partial charge in [0, 0.05) is 30.2 Å². The van der Waals surface area contributed by atoms with E-state index in [1.54, 1.807) is 24.0 Å². The molecule has 1 aromatic carbocycles. The fraction of sp³-hybridized carbons (Fsp3) is 0.0833. The number of hydrogen-bond acceptors (Lipinski definition) is 6. The summed E-state index contributed by atoms with van der Waals surface area (Å²) in [6, 6.07) is 4.36. The number of rotatable bonds is 5. The van der Waals surface area contributed by atoms with Gasteiger partial charge in [0.15, 0.2) is 5.16 Å². The molecule has 108 valence electrons. The third-order valence-corrected chi connectivity index (χ3v) is 3.65. The van der Waals surface area contributed by atoms with Crippen LogP contribution in [-0.2, 0) is 11.8 Å². The largest absolute Gasteiger partial charge is 0.366 e. The van der Waals surface area contributed by atoms with Gasteiger partial charge in [-0.25, -0.2) is 0 Å². The second kappa shape index (κ2) is 6.18. The van der Waals surface area contributed by atoms with E-state index in [1.807, 2.05) is 0 Å². The summed E-state index contributed by atoms with van der Waals surface area (Å²) in [6.45, 7) is 0. The van der Waals surface area contributed by atoms with Crippen LogP contribution in [0.15, 0.2) is 40.7 Å². The van der Waals surface area contributed by atoms with Crippen molar-refractivity contribution in [3.8, 4) is 0 Å². The molecule has 8 nitrogen and oxygen atoms in total. The summed E-state index contributed by atoms with van der Waals surface area (Å²) in [5.74, 6) is -0.629. The van der Waals surface area contributed by atoms with Crippen LogP contribution in [0.2, 0.25) is 0 Å². The van der Waals surface area contributed by atoms with Crippen LogP contribution in [0.4, 0.5) is 5.69 Å². The normalized spacial score (nSPS) is 10.9. The Kier molecular flexibility index (Phi) is 4.33. The number of aryl methyl sites for hydroxylation is 1. The molecule has 0 saturated heterocycles. The lowest BCUT2D eigenvalue weighted by molar-refractivity contribution is -0.384. The van der Waals surface area contributed by atoms with Crippen LogP contribution >= 0.6 is 11.8 Å². The number of primary amides is 1. The third kappa shape index (κ3) is 3.66. The molecule has 0 bridgehead atoms. The van der Waals surface area contributed by atoms with Gasteiger partial charge < -0.3 is 10.3 Å². The number of nitrogens with two attached hydrogens (primary N) is 1. The van der Waals surface area contributed by atoms with Crippen LogP contribution in [0.3, 0.4) is 0 Å². The molecular weight excluding hydrogens is 294 g/mol. The maximum absolute atomic E-state index is 10.8. The maximum Gasteiger partial charge on any atom is 0.270 e. The zero-order valence-electron chi connectivity index (χ0n) is 11.0. The van der Waals surface area contributed by atoms with Gasteiger partial charge in [-0.1, -0.05) is 0 Å². The van der Waals surface area contributed by atoms with Crippen LogP contribution in [0.5, 0.6) is 0 Å². The molecule has 0 aliphatic carbocycles. The van der Waals surface area contributed by atoms with Crippen LogP contribution in [-0.4, -0.2) is 25.6 Å². The summed E-state index contributed by atoms with van der Waals surface area (Å²) in [5, 5.41) is 19.1. The molecule has 2 rings (SSSR count). The van der Waals surface area contributed by atoms with Gasteiger partial charge in [-0.05, 0) is 29.5 Å². The van der Waals surface area contributed by atoms with E-state index in [4.69, 9.17) is 5.73 Å². The van der Waals surface area contributed by atoms with Gasteiger partial charge in [-0.15, -0.1) is 10.2 Å². The molecule has 0 unspecified atom stereocenters. The Balaban J connectivity index is 2.41. The number of amides is 1. The van der Waals surface area contributed by atoms with Crippen molar-refractivity contribution in [2.45, 2.75) is 10.1 Å². The van der Waals surface area contributed by atoms with Crippen molar-refractivity contribution in [3.05, 3.63) is 46.3 Å². The zero-order chi connectivity index (χ0) is 15.4. The summed E-state index contributed by atoms with van der Waals surface area (Å²) in [5.41, 5.74) is 5.50. The molecule has 0 aliphatic heterocycles. The molecule has 0 spiro atoms. The zero-order valence-corrected chi connectivity index (χ0v) is 11.8. The molecule has 2 N–H and O–H groups in total. The molecule has 0 fully saturated rings. The fourth-order valence-electron chi connectivity index (χ4n) is 1.51. The average molecular weight is 305 g/mol. The number of non-ortho nitro benzene ring substituents is 1. The molecule has 1 amide bonds. The van der Waals surface area contributed by atoms with Gasteiger partial charge in [-0.3, -0.25) is 14.9 Å². The number of nitrogens with zero attached hydrogens (tertiary/aromatic N) is 4. The van der Waals surface area contributed by atoms with Crippen LogP contribution < -0.4 is 5.73 Å². The Morgan fingerprint density at radius 3 is 2.86 bits per heavy atom. The first-order chi connectivity index (χ1) is 9.97. The number of nitro groups is 1. The smallest absolute Gasteiger partial charge is 0.270 e. The van der Waals surface area contributed by atoms with E-state index in [2.05, 4.69) is 10.2 Å². The minimum absolute atomic E-state index is 0.0681. The monoisotopic (exact) mass is 305 g/mol. The number of carbonyl (C=O) groups excluding carboxylic acids is 1. The lowest BCUT2D eigenvalue weighted by Crippen LogP contribution is -2.05. The standard InChI is InChI=1S/C12H11N5O3S/c1-16-7-14-15-12(16)21-10-4-3-9(17(19)20)6-8(10)2-5-11(13)18/h2-7H,1H3,(H2,13,18)/b5-2+. The summed E-state index contributed by atoms with van der Waals surface area (Å²) in [6.07, 6.45) is 4.14. The van der Waals surface area contributed by atoms with E-state index in [0.29, 0.717) is 15.6 Å². The van der Waals surface area contributed by atoms with E-state index in [9.17, 15) is 14.9 Å². The molecule has 2 aromatic rings. The lowest BCUT2D eigenvalue weighted by Gasteiger charge is -2.05. The van der Waals surface area contributed by atoms with Gasteiger partial charge in [0.1, 0.15) is 6.33 Å². The first-order valence-electron chi connectivity index (χ1n) is 5.75. The van der Waals surface area contributed by atoms with Crippen LogP contribution in [0.1, 0.15) is 5.56 Å². The number of nitro benzene ring substituents is 1. The van der Waals surface area contributed by atoms with Crippen LogP contribution in [0.25, 0.3) is 6.08 Å². The predicted octanol–water partition coefficient (Wildman–Crippen LogP) is 1.37. The molecule has 21 heavy (non-hydrogen) atoms. The van der Waals surface area contributed by atoms with E-state index >= 15 is 0 Å². The predicted molar refractivity (Wildman–Crippen MR) is 76.5 cm³/mol. The molecule has 1 heterocycles. The molecule has 0 atom stereocenters. The molecule has 0 radical (unpaired) electrons. The highest BCUT2D eigenvalue weighted by Crippen LogP contribution is 2.31. The Hall–Kier alpha value is -2.68. The molecule has 9 heteroatoms. The van der Waals surface area contributed by atoms with Crippen molar-refractivity contribution >= 4 is 29.4 Å². The number of aromatic nitrogens is 3. The highest BCUT2D eigenvalue weighted by atomic mass is 32.2. The van der Waals surface area contributed by atoms with E-state index in [-0.39, 0.29) is 5.69 Å². The summed E-state index contributed by atoms with van der Waals surface area (Å²) < 4.78 is 1.72. The van der Waals surface area contributed by atoms with Crippen molar-refractivity contribution in [3.63, 3.8) is 0 Å². The van der Waals surface area contributed by atoms with Gasteiger partial charge in [0.2, 0.25) is 5.91 Å². The Morgan fingerprint density at radius 2 is 2.29 bits per heavy atom. The number of benzene rings is 1. The van der Waals surface area contributed by atoms with E-state index in [0.717, 1.165) is 6.08 Å². The van der Waals surface area contributed by atoms with E-state index in [1.165, 1.54) is 30.0 Å². The summed E-state index contributed by atoms with van der Waals surface area (Å²) >= 11 is 1.28. The molecule has 1 aromatic heterocycles. The van der Waals surface area contributed by atoms with E-state index < -0.39 is 10.8 Å². The van der Waals surface area contributed by atoms with Crippen molar-refractivity contribution in [2.75, 3.05) is 0 Å². The van der Waals surface area contributed by atoms with Gasteiger partial charge in [0.25, 0.3) is 5.69 Å². The minimum Gasteiger partial charge on any atom is -0.366 e. The second-order valence-electron chi connectivity index (χ2n) is 4.04. The van der Waals surface area contributed by atoms with Crippen molar-refractivity contribution < 1.29 is 9.72 Å². The highest BCUT2D eigenvalue weighted by Gasteiger charge is 2.12. The number of carbonyl (C=O) groups is 1. The first kappa shape index (κ1) is 14.7. The maximum atomic E-state index is 10.8. The summed E-state index contributed by atoms with van der Waals surface area (Å²) in [4.78, 5) is 21.9. The third-order valence-electron chi connectivity index (χ3n) is 2.50. The molecule has 0 saturated carbocycles. The Morgan fingerprint density at radius 1 is 1.52 bits per heavy atom. The second-order valence-corrected chi connectivity index (χ2v) is 5.05. The Bertz CT molecular complexity index is 725. The topological polar surface area (TPSA) is 117 Å². The van der Waals surface area contributed by atoms with Crippen molar-refractivity contribution in [1.29, 1.82) is 0 Å². The SMILES string of the molecule is Cn1cnnc1Sc1ccc([N+](=O)[O-])cc1/C=C/C(N)=O. The van der Waals surface area contributed by atoms with Gasteiger partial charge in [0.05, 0.1) is 4.92 Å². The van der Waals surface area contributed by atoms with Gasteiger partial charge >= 0.3 is 0 Å². The van der Waals surface area contributed by atoms with Crippen molar-refractivity contribution in [1.82, 2.24) is 14.8 Å². The van der Waals surface area contributed by atoms with Gasteiger partial charge in [-0.2, -0.15) is 0 Å². The summed E-state index contributed by atoms with van der Waals surface area (Å²) in [7, 11) is 1.78. The van der Waals surface area contributed by atoms with Crippen molar-refractivity contribution in [2.24, 2.45) is 12.8 Å². The quantitative estimate of drug-likeness (QED) is 0.506.